The smallest absolute Gasteiger partial charge is 0.255 e. The van der Waals surface area contributed by atoms with E-state index < -0.39 is 0 Å². The van der Waals surface area contributed by atoms with Crippen molar-refractivity contribution in [1.82, 2.24) is 4.98 Å². The first-order valence-corrected chi connectivity index (χ1v) is 5.35. The highest BCUT2D eigenvalue weighted by atomic mass is 127. The van der Waals surface area contributed by atoms with Crippen molar-refractivity contribution in [3.63, 3.8) is 0 Å². The number of hydrogen-bond acceptors (Lipinski definition) is 1. The van der Waals surface area contributed by atoms with E-state index in [1.54, 1.807) is 6.20 Å². The average Bonchev–Trinajstić information content (AvgIpc) is 2.16. The average molecular weight is 301 g/mol. The molecular weight excluding hydrogens is 289 g/mol. The molecule has 0 bridgehead atoms. The third-order valence-electron chi connectivity index (χ3n) is 1.90. The van der Waals surface area contributed by atoms with E-state index in [2.05, 4.69) is 34.2 Å². The molecular formula is C11H12INO. The first-order valence-electron chi connectivity index (χ1n) is 4.27. The number of H-pyrrole nitrogens is 1. The van der Waals surface area contributed by atoms with Crippen molar-refractivity contribution in [3.05, 3.63) is 45.2 Å². The number of allylic oxidation sites excluding steroid dienone is 1. The summed E-state index contributed by atoms with van der Waals surface area (Å²) in [6, 6.07) is 1.90. The zero-order valence-corrected chi connectivity index (χ0v) is 10.4. The van der Waals surface area contributed by atoms with Crippen molar-refractivity contribution in [2.75, 3.05) is 0 Å². The third kappa shape index (κ3) is 2.15. The minimum absolute atomic E-state index is 0.0552. The lowest BCUT2D eigenvalue weighted by Crippen LogP contribution is -2.40. The van der Waals surface area contributed by atoms with E-state index in [1.165, 1.54) is 0 Å². The molecule has 0 unspecified atom stereocenters. The van der Waals surface area contributed by atoms with Gasteiger partial charge in [-0.25, -0.2) is 0 Å². The Balaban J connectivity index is 3.86. The SMILES string of the molecule is C=C(C)/C(I)=c1/cc[nH]c(=O)/c1=C/C. The van der Waals surface area contributed by atoms with Gasteiger partial charge in [-0.3, -0.25) is 4.79 Å². The number of halogens is 1. The summed E-state index contributed by atoms with van der Waals surface area (Å²) in [6.07, 6.45) is 3.47. The summed E-state index contributed by atoms with van der Waals surface area (Å²) in [7, 11) is 0. The second-order valence-corrected chi connectivity index (χ2v) is 4.10. The van der Waals surface area contributed by atoms with Gasteiger partial charge >= 0.3 is 0 Å². The second kappa shape index (κ2) is 4.59. The predicted octanol–water partition coefficient (Wildman–Crippen LogP) is 1.29. The zero-order chi connectivity index (χ0) is 10.7. The molecule has 1 aromatic rings. The van der Waals surface area contributed by atoms with E-state index in [1.807, 2.05) is 26.0 Å². The van der Waals surface area contributed by atoms with Crippen LogP contribution in [0, 0.1) is 0 Å². The molecule has 0 radical (unpaired) electrons. The second-order valence-electron chi connectivity index (χ2n) is 3.02. The van der Waals surface area contributed by atoms with Crippen LogP contribution in [0.5, 0.6) is 0 Å². The lowest BCUT2D eigenvalue weighted by molar-refractivity contribution is 1.18. The van der Waals surface area contributed by atoms with Crippen LogP contribution in [0.3, 0.4) is 0 Å². The molecule has 0 atom stereocenters. The molecule has 74 valence electrons. The molecule has 1 heterocycles. The van der Waals surface area contributed by atoms with Gasteiger partial charge in [0, 0.05) is 20.2 Å². The van der Waals surface area contributed by atoms with Crippen LogP contribution in [-0.4, -0.2) is 4.98 Å². The summed E-state index contributed by atoms with van der Waals surface area (Å²) in [5.41, 5.74) is 0.916. The van der Waals surface area contributed by atoms with E-state index in [0.717, 1.165) is 14.4 Å². The molecule has 0 amide bonds. The number of aromatic amines is 1. The molecule has 14 heavy (non-hydrogen) atoms. The van der Waals surface area contributed by atoms with E-state index in [9.17, 15) is 4.79 Å². The first-order chi connectivity index (χ1) is 6.57. The molecule has 1 aromatic heterocycles. The molecule has 0 spiro atoms. The minimum Gasteiger partial charge on any atom is -0.329 e. The topological polar surface area (TPSA) is 32.9 Å². The van der Waals surface area contributed by atoms with Gasteiger partial charge in [0.1, 0.15) is 0 Å². The van der Waals surface area contributed by atoms with Gasteiger partial charge in [0.25, 0.3) is 5.56 Å². The standard InChI is InChI=1S/C11H12INO/c1-4-8-9(10(12)7(2)3)5-6-13-11(8)14/h4-6H,2H2,1,3H3,(H,13,14)/b8-4+,10-9+. The van der Waals surface area contributed by atoms with Gasteiger partial charge in [0.05, 0.1) is 0 Å². The maximum absolute atomic E-state index is 11.5. The fraction of sp³-hybridized carbons (Fsp3) is 0.182. The van der Waals surface area contributed by atoms with Crippen LogP contribution in [0.1, 0.15) is 13.8 Å². The van der Waals surface area contributed by atoms with E-state index in [4.69, 9.17) is 0 Å². The Morgan fingerprint density at radius 1 is 1.64 bits per heavy atom. The van der Waals surface area contributed by atoms with Crippen molar-refractivity contribution >= 4 is 32.2 Å². The van der Waals surface area contributed by atoms with Crippen LogP contribution in [0.2, 0.25) is 0 Å². The number of rotatable bonds is 1. The van der Waals surface area contributed by atoms with Crippen molar-refractivity contribution in [1.29, 1.82) is 0 Å². The molecule has 0 aromatic carbocycles. The fourth-order valence-electron chi connectivity index (χ4n) is 1.20. The van der Waals surface area contributed by atoms with Gasteiger partial charge in [0.15, 0.2) is 0 Å². The Morgan fingerprint density at radius 2 is 2.29 bits per heavy atom. The van der Waals surface area contributed by atoms with Gasteiger partial charge in [-0.1, -0.05) is 12.7 Å². The molecule has 0 aliphatic carbocycles. The quantitative estimate of drug-likeness (QED) is 0.779. The summed E-state index contributed by atoms with van der Waals surface area (Å²) in [5, 5.41) is 1.66. The molecule has 1 rings (SSSR count). The molecule has 0 aliphatic rings. The van der Waals surface area contributed by atoms with E-state index in [-0.39, 0.29) is 5.56 Å². The first kappa shape index (κ1) is 11.2. The van der Waals surface area contributed by atoms with Crippen LogP contribution in [0.4, 0.5) is 0 Å². The third-order valence-corrected chi connectivity index (χ3v) is 3.40. The highest BCUT2D eigenvalue weighted by Gasteiger charge is 1.97. The van der Waals surface area contributed by atoms with Gasteiger partial charge in [0.2, 0.25) is 0 Å². The summed E-state index contributed by atoms with van der Waals surface area (Å²) >= 11 is 2.21. The highest BCUT2D eigenvalue weighted by Crippen LogP contribution is 2.13. The van der Waals surface area contributed by atoms with Gasteiger partial charge in [-0.05, 0) is 48.1 Å². The largest absolute Gasteiger partial charge is 0.329 e. The zero-order valence-electron chi connectivity index (χ0n) is 8.23. The van der Waals surface area contributed by atoms with Crippen LogP contribution >= 0.6 is 22.6 Å². The molecule has 0 saturated heterocycles. The monoisotopic (exact) mass is 301 g/mol. The maximum atomic E-state index is 11.5. The number of hydrogen-bond donors (Lipinski definition) is 1. The molecule has 3 heteroatoms. The van der Waals surface area contributed by atoms with E-state index >= 15 is 0 Å². The Hall–Kier alpha value is -0.840. The Kier molecular flexibility index (Phi) is 3.69. The van der Waals surface area contributed by atoms with Gasteiger partial charge in [-0.15, -0.1) is 0 Å². The number of aromatic nitrogens is 1. The lowest BCUT2D eigenvalue weighted by atomic mass is 10.2. The summed E-state index contributed by atoms with van der Waals surface area (Å²) in [4.78, 5) is 14.1. The van der Waals surface area contributed by atoms with Crippen LogP contribution in [-0.2, 0) is 0 Å². The van der Waals surface area contributed by atoms with Crippen molar-refractivity contribution in [2.24, 2.45) is 0 Å². The molecule has 2 nitrogen and oxygen atoms in total. The lowest BCUT2D eigenvalue weighted by Gasteiger charge is -1.97. The molecule has 0 aliphatic heterocycles. The predicted molar refractivity (Wildman–Crippen MR) is 68.7 cm³/mol. The molecule has 0 fully saturated rings. The molecule has 1 N–H and O–H groups in total. The fourth-order valence-corrected chi connectivity index (χ4v) is 1.67. The summed E-state index contributed by atoms with van der Waals surface area (Å²) in [6.45, 7) is 7.66. The van der Waals surface area contributed by atoms with Crippen LogP contribution in [0.15, 0.2) is 29.2 Å². The Morgan fingerprint density at radius 3 is 2.79 bits per heavy atom. The number of pyridine rings is 1. The van der Waals surface area contributed by atoms with Crippen molar-refractivity contribution in [2.45, 2.75) is 13.8 Å². The molecule has 0 saturated carbocycles. The summed E-state index contributed by atoms with van der Waals surface area (Å²) in [5.74, 6) is 0. The minimum atomic E-state index is -0.0552. The van der Waals surface area contributed by atoms with Gasteiger partial charge < -0.3 is 4.98 Å². The van der Waals surface area contributed by atoms with E-state index in [0.29, 0.717) is 5.22 Å². The van der Waals surface area contributed by atoms with Crippen molar-refractivity contribution < 1.29 is 0 Å². The Bertz CT molecular complexity index is 525. The highest BCUT2D eigenvalue weighted by molar-refractivity contribution is 14.1. The van der Waals surface area contributed by atoms with Crippen molar-refractivity contribution in [3.8, 4) is 0 Å². The number of nitrogens with one attached hydrogen (secondary N) is 1. The maximum Gasteiger partial charge on any atom is 0.255 e. The Labute approximate surface area is 96.2 Å². The normalized spacial score (nSPS) is 14.1. The van der Waals surface area contributed by atoms with Crippen LogP contribution < -0.4 is 16.0 Å². The summed E-state index contributed by atoms with van der Waals surface area (Å²) < 4.78 is 1.03. The van der Waals surface area contributed by atoms with Gasteiger partial charge in [-0.2, -0.15) is 0 Å². The van der Waals surface area contributed by atoms with Crippen LogP contribution in [0.25, 0.3) is 9.66 Å².